The van der Waals surface area contributed by atoms with Gasteiger partial charge in [0.15, 0.2) is 0 Å². The fraction of sp³-hybridized carbons (Fsp3) is 0.250. The van der Waals surface area contributed by atoms with E-state index in [2.05, 4.69) is 21.2 Å². The summed E-state index contributed by atoms with van der Waals surface area (Å²) >= 11 is 3.20. The number of aliphatic carboxylic acids is 1. The molecule has 0 fully saturated rings. The van der Waals surface area contributed by atoms with Crippen LogP contribution in [0.2, 0.25) is 0 Å². The first-order valence-corrected chi connectivity index (χ1v) is 6.47. The van der Waals surface area contributed by atoms with Gasteiger partial charge in [0.05, 0.1) is 5.56 Å². The van der Waals surface area contributed by atoms with Crippen LogP contribution in [-0.2, 0) is 9.59 Å². The Hall–Kier alpha value is -2.09. The third-order valence-electron chi connectivity index (χ3n) is 2.54. The fourth-order valence-electron chi connectivity index (χ4n) is 1.52. The third-order valence-corrected chi connectivity index (χ3v) is 3.03. The lowest BCUT2D eigenvalue weighted by atomic mass is 10.1. The van der Waals surface area contributed by atoms with Crippen molar-refractivity contribution in [2.45, 2.75) is 18.9 Å². The molecule has 1 aromatic rings. The standard InChI is InChI=1S/C12H14BrN3O4/c13-6-1-2-7(8(14)5-6)11(18)16-9(12(19)20)3-4-10(15)17/h1-2,5,9H,3-4,14H2,(H2,15,17)(H,16,18)(H,19,20)/t9-/m1/s1. The molecule has 20 heavy (non-hydrogen) atoms. The van der Waals surface area contributed by atoms with Gasteiger partial charge in [-0.05, 0) is 24.6 Å². The Morgan fingerprint density at radius 1 is 1.35 bits per heavy atom. The van der Waals surface area contributed by atoms with Crippen LogP contribution in [0.4, 0.5) is 5.69 Å². The molecule has 7 nitrogen and oxygen atoms in total. The summed E-state index contributed by atoms with van der Waals surface area (Å²) in [6.45, 7) is 0. The van der Waals surface area contributed by atoms with E-state index in [-0.39, 0.29) is 24.1 Å². The van der Waals surface area contributed by atoms with E-state index in [1.807, 2.05) is 0 Å². The summed E-state index contributed by atoms with van der Waals surface area (Å²) in [5, 5.41) is 11.3. The minimum Gasteiger partial charge on any atom is -0.480 e. The van der Waals surface area contributed by atoms with Crippen LogP contribution in [0.15, 0.2) is 22.7 Å². The maximum atomic E-state index is 12.0. The molecule has 0 aliphatic carbocycles. The van der Waals surface area contributed by atoms with Crippen LogP contribution in [0.1, 0.15) is 23.2 Å². The zero-order chi connectivity index (χ0) is 15.3. The largest absolute Gasteiger partial charge is 0.480 e. The lowest BCUT2D eigenvalue weighted by molar-refractivity contribution is -0.139. The SMILES string of the molecule is NC(=O)CC[C@@H](NC(=O)c1ccc(Br)cc1N)C(=O)O. The second-order valence-corrected chi connectivity index (χ2v) is 5.02. The lowest BCUT2D eigenvalue weighted by Crippen LogP contribution is -2.41. The first-order chi connectivity index (χ1) is 9.31. The van der Waals surface area contributed by atoms with E-state index in [0.717, 1.165) is 0 Å². The first kappa shape index (κ1) is 16.0. The Balaban J connectivity index is 2.80. The lowest BCUT2D eigenvalue weighted by Gasteiger charge is -2.14. The van der Waals surface area contributed by atoms with E-state index >= 15 is 0 Å². The number of hydrogen-bond acceptors (Lipinski definition) is 4. The Bertz CT molecular complexity index is 548. The van der Waals surface area contributed by atoms with Gasteiger partial charge in [0.1, 0.15) is 6.04 Å². The highest BCUT2D eigenvalue weighted by atomic mass is 79.9. The third kappa shape index (κ3) is 4.54. The van der Waals surface area contributed by atoms with E-state index in [4.69, 9.17) is 16.6 Å². The quantitative estimate of drug-likeness (QED) is 0.557. The Kier molecular flexibility index (Phi) is 5.51. The summed E-state index contributed by atoms with van der Waals surface area (Å²) in [5.74, 6) is -2.49. The van der Waals surface area contributed by atoms with Crippen molar-refractivity contribution in [3.8, 4) is 0 Å². The second kappa shape index (κ2) is 6.90. The average molecular weight is 344 g/mol. The van der Waals surface area contributed by atoms with Gasteiger partial charge in [-0.2, -0.15) is 0 Å². The molecule has 0 radical (unpaired) electrons. The molecule has 0 aromatic heterocycles. The molecule has 1 aromatic carbocycles. The van der Waals surface area contributed by atoms with Crippen molar-refractivity contribution >= 4 is 39.4 Å². The summed E-state index contributed by atoms with van der Waals surface area (Å²) in [5.41, 5.74) is 11.0. The Morgan fingerprint density at radius 3 is 2.50 bits per heavy atom. The van der Waals surface area contributed by atoms with E-state index in [1.165, 1.54) is 12.1 Å². The Labute approximate surface area is 123 Å². The molecule has 6 N–H and O–H groups in total. The summed E-state index contributed by atoms with van der Waals surface area (Å²) < 4.78 is 0.704. The van der Waals surface area contributed by atoms with Gasteiger partial charge in [0, 0.05) is 16.6 Å². The van der Waals surface area contributed by atoms with E-state index < -0.39 is 23.8 Å². The summed E-state index contributed by atoms with van der Waals surface area (Å²) in [7, 11) is 0. The number of halogens is 1. The maximum Gasteiger partial charge on any atom is 0.326 e. The molecule has 108 valence electrons. The molecule has 0 saturated heterocycles. The number of benzene rings is 1. The van der Waals surface area contributed by atoms with Gasteiger partial charge >= 0.3 is 5.97 Å². The number of carbonyl (C=O) groups is 3. The van der Waals surface area contributed by atoms with Gasteiger partial charge in [-0.25, -0.2) is 4.79 Å². The molecule has 0 saturated carbocycles. The number of anilines is 1. The smallest absolute Gasteiger partial charge is 0.326 e. The van der Waals surface area contributed by atoms with Gasteiger partial charge in [-0.3, -0.25) is 9.59 Å². The van der Waals surface area contributed by atoms with Crippen molar-refractivity contribution < 1.29 is 19.5 Å². The number of nitrogens with one attached hydrogen (secondary N) is 1. The van der Waals surface area contributed by atoms with Crippen LogP contribution in [0.3, 0.4) is 0 Å². The van der Waals surface area contributed by atoms with Crippen molar-refractivity contribution in [2.24, 2.45) is 5.73 Å². The minimum atomic E-state index is -1.24. The predicted molar refractivity (Wildman–Crippen MR) is 75.9 cm³/mol. The molecule has 0 unspecified atom stereocenters. The highest BCUT2D eigenvalue weighted by molar-refractivity contribution is 9.10. The number of carboxylic acids is 1. The summed E-state index contributed by atoms with van der Waals surface area (Å²) in [6, 6.07) is 3.43. The van der Waals surface area contributed by atoms with Crippen molar-refractivity contribution in [1.82, 2.24) is 5.32 Å². The minimum absolute atomic E-state index is 0.0765. The first-order valence-electron chi connectivity index (χ1n) is 5.68. The van der Waals surface area contributed by atoms with E-state index in [1.54, 1.807) is 6.07 Å². The van der Waals surface area contributed by atoms with Crippen molar-refractivity contribution in [3.63, 3.8) is 0 Å². The molecular formula is C12H14BrN3O4. The van der Waals surface area contributed by atoms with Gasteiger partial charge in [-0.1, -0.05) is 15.9 Å². The van der Waals surface area contributed by atoms with Crippen molar-refractivity contribution in [3.05, 3.63) is 28.2 Å². The normalized spacial score (nSPS) is 11.7. The van der Waals surface area contributed by atoms with Gasteiger partial charge in [-0.15, -0.1) is 0 Å². The summed E-state index contributed by atoms with van der Waals surface area (Å²) in [6.07, 6.45) is -0.208. The zero-order valence-corrected chi connectivity index (χ0v) is 12.0. The van der Waals surface area contributed by atoms with Crippen LogP contribution in [-0.4, -0.2) is 28.9 Å². The van der Waals surface area contributed by atoms with Crippen molar-refractivity contribution in [1.29, 1.82) is 0 Å². The number of primary amides is 1. The molecule has 0 bridgehead atoms. The van der Waals surface area contributed by atoms with Crippen LogP contribution in [0, 0.1) is 0 Å². The second-order valence-electron chi connectivity index (χ2n) is 4.10. The van der Waals surface area contributed by atoms with Gasteiger partial charge in [0.2, 0.25) is 5.91 Å². The van der Waals surface area contributed by atoms with Crippen LogP contribution in [0.5, 0.6) is 0 Å². The highest BCUT2D eigenvalue weighted by Crippen LogP contribution is 2.18. The maximum absolute atomic E-state index is 12.0. The van der Waals surface area contributed by atoms with E-state index in [9.17, 15) is 14.4 Å². The average Bonchev–Trinajstić information content (AvgIpc) is 2.33. The number of nitrogens with two attached hydrogens (primary N) is 2. The number of carbonyl (C=O) groups excluding carboxylic acids is 2. The highest BCUT2D eigenvalue weighted by Gasteiger charge is 2.22. The monoisotopic (exact) mass is 343 g/mol. The number of rotatable bonds is 6. The molecule has 1 rings (SSSR count). The van der Waals surface area contributed by atoms with E-state index in [0.29, 0.717) is 4.47 Å². The predicted octanol–water partition coefficient (Wildman–Crippen LogP) is 0.480. The number of nitrogen functional groups attached to an aromatic ring is 1. The molecule has 0 heterocycles. The van der Waals surface area contributed by atoms with Crippen LogP contribution < -0.4 is 16.8 Å². The van der Waals surface area contributed by atoms with Crippen LogP contribution >= 0.6 is 15.9 Å². The molecule has 2 amide bonds. The molecule has 8 heteroatoms. The molecular weight excluding hydrogens is 330 g/mol. The Morgan fingerprint density at radius 2 is 2.00 bits per heavy atom. The van der Waals surface area contributed by atoms with Crippen molar-refractivity contribution in [2.75, 3.05) is 5.73 Å². The molecule has 0 aliphatic heterocycles. The molecule has 0 spiro atoms. The molecule has 1 atom stereocenters. The molecule has 0 aliphatic rings. The summed E-state index contributed by atoms with van der Waals surface area (Å²) in [4.78, 5) is 33.6. The number of hydrogen-bond donors (Lipinski definition) is 4. The fourth-order valence-corrected chi connectivity index (χ4v) is 1.90. The topological polar surface area (TPSA) is 136 Å². The van der Waals surface area contributed by atoms with Gasteiger partial charge in [0.25, 0.3) is 5.91 Å². The zero-order valence-electron chi connectivity index (χ0n) is 10.4. The van der Waals surface area contributed by atoms with Gasteiger partial charge < -0.3 is 21.9 Å². The number of carboxylic acid groups (broad SMARTS) is 1. The van der Waals surface area contributed by atoms with Crippen LogP contribution in [0.25, 0.3) is 0 Å². The number of amides is 2.